The zero-order valence-electron chi connectivity index (χ0n) is 27.3. The largest absolute Gasteiger partial charge is 0.598 e. The van der Waals surface area contributed by atoms with Crippen LogP contribution in [0, 0.1) is 5.92 Å². The Labute approximate surface area is 266 Å². The Bertz CT molecular complexity index is 956. The molecule has 1 aromatic heterocycles. The van der Waals surface area contributed by atoms with Gasteiger partial charge in [0.15, 0.2) is 18.5 Å². The minimum absolute atomic E-state index is 0.0912. The van der Waals surface area contributed by atoms with Gasteiger partial charge in [-0.05, 0) is 24.5 Å². The molecule has 0 amide bonds. The number of nitrogens with zero attached hydrogens (tertiary/aromatic N) is 1. The van der Waals surface area contributed by atoms with Crippen LogP contribution in [0.25, 0.3) is 0 Å². The van der Waals surface area contributed by atoms with Crippen molar-refractivity contribution in [3.63, 3.8) is 0 Å². The number of rotatable bonds is 27. The van der Waals surface area contributed by atoms with Gasteiger partial charge in [-0.3, -0.25) is 4.52 Å². The van der Waals surface area contributed by atoms with Gasteiger partial charge in [-0.25, -0.2) is 0 Å². The third kappa shape index (κ3) is 18.4. The van der Waals surface area contributed by atoms with Crippen molar-refractivity contribution < 1.29 is 32.9 Å². The predicted octanol–water partition coefficient (Wildman–Crippen LogP) is 8.22. The van der Waals surface area contributed by atoms with Gasteiger partial charge in [0.2, 0.25) is 5.01 Å². The second-order valence-corrected chi connectivity index (χ2v) is 14.4. The summed E-state index contributed by atoms with van der Waals surface area (Å²) in [6.45, 7) is 8.22. The van der Waals surface area contributed by atoms with E-state index < -0.39 is 14.3 Å². The van der Waals surface area contributed by atoms with E-state index >= 15 is 0 Å². The smallest absolute Gasteiger partial charge is 0.426 e. The van der Waals surface area contributed by atoms with Crippen LogP contribution in [-0.2, 0) is 27.0 Å². The van der Waals surface area contributed by atoms with Crippen LogP contribution >= 0.6 is 19.5 Å². The van der Waals surface area contributed by atoms with Crippen molar-refractivity contribution in [2.24, 2.45) is 5.92 Å². The Morgan fingerprint density at radius 3 is 2.14 bits per heavy atom. The van der Waals surface area contributed by atoms with Gasteiger partial charge in [-0.15, -0.1) is 0 Å². The highest BCUT2D eigenvalue weighted by Crippen LogP contribution is 2.47. The van der Waals surface area contributed by atoms with Gasteiger partial charge in [0.05, 0.1) is 12.0 Å². The molecule has 1 N–H and O–H groups in total. The molecule has 0 saturated heterocycles. The maximum atomic E-state index is 12.6. The first-order valence-electron chi connectivity index (χ1n) is 16.6. The van der Waals surface area contributed by atoms with Gasteiger partial charge in [0.1, 0.15) is 12.7 Å². The van der Waals surface area contributed by atoms with Crippen molar-refractivity contribution >= 4 is 19.5 Å². The Kier molecular flexibility index (Phi) is 20.6. The fourth-order valence-electron chi connectivity index (χ4n) is 5.02. The Hall–Kier alpha value is -1.12. The van der Waals surface area contributed by atoms with E-state index in [-0.39, 0.29) is 6.61 Å². The lowest BCUT2D eigenvalue weighted by Crippen LogP contribution is -2.36. The molecule has 0 spiro atoms. The molecule has 0 bridgehead atoms. The summed E-state index contributed by atoms with van der Waals surface area (Å²) in [5, 5.41) is 3.39. The number of ether oxygens (including phenoxy) is 2. The molecule has 2 aromatic rings. The maximum absolute atomic E-state index is 12.6. The van der Waals surface area contributed by atoms with Crippen molar-refractivity contribution in [3.05, 3.63) is 46.4 Å². The van der Waals surface area contributed by atoms with Gasteiger partial charge in [0.25, 0.3) is 0 Å². The molecule has 0 fully saturated rings. The van der Waals surface area contributed by atoms with Crippen molar-refractivity contribution in [3.8, 4) is 5.75 Å². The first-order chi connectivity index (χ1) is 20.8. The number of unbranched alkanes of at least 4 members (excludes halogenated alkanes) is 13. The van der Waals surface area contributed by atoms with Gasteiger partial charge < -0.3 is 14.4 Å². The predicted molar refractivity (Wildman–Crippen MR) is 176 cm³/mol. The zero-order valence-corrected chi connectivity index (χ0v) is 29.1. The summed E-state index contributed by atoms with van der Waals surface area (Å²) < 4.78 is 24.0. The molecule has 1 aromatic carbocycles. The van der Waals surface area contributed by atoms with Gasteiger partial charge in [-0.2, -0.15) is 14.0 Å². The molecule has 2 atom stereocenters. The number of thiazole rings is 1. The van der Waals surface area contributed by atoms with E-state index in [2.05, 4.69) is 36.9 Å². The summed E-state index contributed by atoms with van der Waals surface area (Å²) in [6, 6.07) is 7.25. The van der Waals surface area contributed by atoms with Crippen LogP contribution < -0.4 is 14.0 Å². The Balaban J connectivity index is 1.56. The maximum Gasteiger partial charge on any atom is 0.426 e. The van der Waals surface area contributed by atoms with Gasteiger partial charge >= 0.3 is 8.17 Å². The van der Waals surface area contributed by atoms with Gasteiger partial charge in [0, 0.05) is 25.7 Å². The van der Waals surface area contributed by atoms with E-state index in [4.69, 9.17) is 18.5 Å². The molecule has 0 saturated carbocycles. The first kappa shape index (κ1) is 38.1. The second-order valence-electron chi connectivity index (χ2n) is 12.1. The second kappa shape index (κ2) is 23.3. The summed E-state index contributed by atoms with van der Waals surface area (Å²) in [5.41, 5.74) is 0.984. The van der Waals surface area contributed by atoms with Crippen molar-refractivity contribution in [1.82, 2.24) is 0 Å². The topological polar surface area (TPSA) is 84.1 Å². The highest BCUT2D eigenvalue weighted by atomic mass is 32.1. The van der Waals surface area contributed by atoms with Crippen LogP contribution in [0.5, 0.6) is 5.75 Å². The SMILES string of the molecule is CCCCCCCCCCCCCCCCOC[C@H](CO[P+]([O-])(O)Oc1cccc(C[n+]2ccsc2CC(C)C)c1)OC. The number of methoxy groups -OCH3 is 1. The van der Waals surface area contributed by atoms with Crippen molar-refractivity contribution in [2.45, 2.75) is 130 Å². The van der Waals surface area contributed by atoms with E-state index in [0.717, 1.165) is 24.8 Å². The van der Waals surface area contributed by atoms with E-state index in [1.165, 1.54) is 82.1 Å². The monoisotopic (exact) mass is 640 g/mol. The van der Waals surface area contributed by atoms with Crippen molar-refractivity contribution in [2.75, 3.05) is 26.9 Å². The number of phosphoric ester groups is 1. The Morgan fingerprint density at radius 1 is 0.907 bits per heavy atom. The number of hydrogen-bond acceptors (Lipinski definition) is 7. The normalized spacial score (nSPS) is 13.8. The lowest BCUT2D eigenvalue weighted by molar-refractivity contribution is -0.690. The molecule has 0 radical (unpaired) electrons. The standard InChI is InChI=1S/C34H58NO6PS/c1-5-6-7-8-9-10-11-12-13-14-15-16-17-18-23-39-28-33(38-4)29-40-42(36,37)41-32-21-19-20-31(26-32)27-35-22-24-43-34(35)25-30(2)3/h19-22,24,26,30,33H,5-18,23,25,27-29H2,1-4H3/p+1/t33-/m1/s1. The third-order valence-electron chi connectivity index (χ3n) is 7.52. The summed E-state index contributed by atoms with van der Waals surface area (Å²) >= 11 is 1.74. The molecule has 246 valence electrons. The highest BCUT2D eigenvalue weighted by Gasteiger charge is 2.31. The number of hydrogen-bond donors (Lipinski definition) is 1. The number of aromatic nitrogens is 1. The average Bonchev–Trinajstić information content (AvgIpc) is 3.39. The lowest BCUT2D eigenvalue weighted by Gasteiger charge is -2.22. The summed E-state index contributed by atoms with van der Waals surface area (Å²) in [6.07, 6.45) is 21.2. The van der Waals surface area contributed by atoms with E-state index in [1.54, 1.807) is 30.6 Å². The fourth-order valence-corrected chi connectivity index (χ4v) is 6.86. The molecule has 7 nitrogen and oxygen atoms in total. The van der Waals surface area contributed by atoms with E-state index in [9.17, 15) is 9.79 Å². The number of benzene rings is 1. The fraction of sp³-hybridized carbons (Fsp3) is 0.735. The molecular formula is C34H59NO6PS+. The van der Waals surface area contributed by atoms with E-state index in [1.807, 2.05) is 12.1 Å². The molecule has 0 aliphatic carbocycles. The summed E-state index contributed by atoms with van der Waals surface area (Å²) in [5.74, 6) is 0.870. The molecule has 43 heavy (non-hydrogen) atoms. The minimum Gasteiger partial charge on any atom is -0.598 e. The summed E-state index contributed by atoms with van der Waals surface area (Å²) in [7, 11) is -2.77. The van der Waals surface area contributed by atoms with Crippen LogP contribution in [0.2, 0.25) is 0 Å². The molecular weight excluding hydrogens is 581 g/mol. The van der Waals surface area contributed by atoms with E-state index in [0.29, 0.717) is 31.4 Å². The minimum atomic E-state index is -4.32. The number of phosphoric acid groups is 1. The molecule has 9 heteroatoms. The molecule has 0 aliphatic heterocycles. The lowest BCUT2D eigenvalue weighted by atomic mass is 10.0. The van der Waals surface area contributed by atoms with Crippen LogP contribution in [0.4, 0.5) is 0 Å². The average molecular weight is 641 g/mol. The molecule has 2 rings (SSSR count). The molecule has 1 unspecified atom stereocenters. The quantitative estimate of drug-likeness (QED) is 0.0602. The highest BCUT2D eigenvalue weighted by molar-refractivity contribution is 7.53. The van der Waals surface area contributed by atoms with Gasteiger partial charge in [-0.1, -0.05) is 128 Å². The zero-order chi connectivity index (χ0) is 31.2. The van der Waals surface area contributed by atoms with Crippen LogP contribution in [0.3, 0.4) is 0 Å². The van der Waals surface area contributed by atoms with Crippen LogP contribution in [-0.4, -0.2) is 37.9 Å². The van der Waals surface area contributed by atoms with Crippen molar-refractivity contribution in [1.29, 1.82) is 0 Å². The Morgan fingerprint density at radius 2 is 1.53 bits per heavy atom. The first-order valence-corrected chi connectivity index (χ1v) is 19.0. The molecule has 1 heterocycles. The van der Waals surface area contributed by atoms with Crippen LogP contribution in [0.15, 0.2) is 35.8 Å². The van der Waals surface area contributed by atoms with Crippen LogP contribution in [0.1, 0.15) is 121 Å². The third-order valence-corrected chi connectivity index (χ3v) is 9.37. The molecule has 0 aliphatic rings. The summed E-state index contributed by atoms with van der Waals surface area (Å²) in [4.78, 5) is 23.0.